The van der Waals surface area contributed by atoms with Crippen molar-refractivity contribution >= 4 is 22.6 Å². The maximum absolute atomic E-state index is 3.46. The van der Waals surface area contributed by atoms with Crippen LogP contribution in [0.2, 0.25) is 0 Å². The Morgan fingerprint density at radius 1 is 1.13 bits per heavy atom. The minimum absolute atomic E-state index is 0.884. The summed E-state index contributed by atoms with van der Waals surface area (Å²) in [7, 11) is 0. The Morgan fingerprint density at radius 3 is 2.67 bits per heavy atom. The molecular formula is C12H23IN2. The van der Waals surface area contributed by atoms with Crippen molar-refractivity contribution in [2.24, 2.45) is 5.92 Å². The van der Waals surface area contributed by atoms with Crippen LogP contribution in [0.3, 0.4) is 0 Å². The van der Waals surface area contributed by atoms with Gasteiger partial charge in [-0.1, -0.05) is 29.0 Å². The van der Waals surface area contributed by atoms with Crippen LogP contribution in [-0.4, -0.2) is 41.5 Å². The minimum Gasteiger partial charge on any atom is -0.317 e. The van der Waals surface area contributed by atoms with Gasteiger partial charge in [0.15, 0.2) is 0 Å². The number of nitrogens with zero attached hydrogens (tertiary/aromatic N) is 1. The van der Waals surface area contributed by atoms with Crippen molar-refractivity contribution in [3.8, 4) is 0 Å². The van der Waals surface area contributed by atoms with Crippen LogP contribution in [0.4, 0.5) is 0 Å². The van der Waals surface area contributed by atoms with E-state index in [1.807, 2.05) is 0 Å². The van der Waals surface area contributed by atoms with Gasteiger partial charge in [0, 0.05) is 17.0 Å². The highest BCUT2D eigenvalue weighted by molar-refractivity contribution is 14.1. The van der Waals surface area contributed by atoms with E-state index < -0.39 is 0 Å². The second kappa shape index (κ2) is 6.40. The lowest BCUT2D eigenvalue weighted by Crippen LogP contribution is -2.45. The summed E-state index contributed by atoms with van der Waals surface area (Å²) in [5, 5.41) is 3.46. The van der Waals surface area contributed by atoms with Crippen LogP contribution < -0.4 is 5.32 Å². The number of piperidine rings is 2. The zero-order valence-corrected chi connectivity index (χ0v) is 11.7. The maximum Gasteiger partial charge on any atom is 0.0185 e. The van der Waals surface area contributed by atoms with E-state index in [9.17, 15) is 0 Å². The number of nitrogens with one attached hydrogen (secondary N) is 1. The average molecular weight is 322 g/mol. The molecule has 0 amide bonds. The van der Waals surface area contributed by atoms with E-state index in [2.05, 4.69) is 32.8 Å². The number of likely N-dealkylation sites (tertiary alicyclic amines) is 1. The van der Waals surface area contributed by atoms with E-state index >= 15 is 0 Å². The fourth-order valence-corrected chi connectivity index (χ4v) is 3.87. The molecule has 2 rings (SSSR count). The summed E-state index contributed by atoms with van der Waals surface area (Å²) in [5.41, 5.74) is 0. The zero-order valence-electron chi connectivity index (χ0n) is 9.55. The minimum atomic E-state index is 0.884. The van der Waals surface area contributed by atoms with Gasteiger partial charge >= 0.3 is 0 Å². The summed E-state index contributed by atoms with van der Waals surface area (Å²) in [4.78, 5) is 2.77. The van der Waals surface area contributed by atoms with Crippen molar-refractivity contribution in [3.63, 3.8) is 0 Å². The van der Waals surface area contributed by atoms with E-state index in [4.69, 9.17) is 0 Å². The molecule has 2 heterocycles. The molecule has 0 aromatic rings. The molecule has 0 aliphatic carbocycles. The Labute approximate surface area is 107 Å². The average Bonchev–Trinajstić information content (AvgIpc) is 2.31. The molecule has 88 valence electrons. The highest BCUT2D eigenvalue weighted by Crippen LogP contribution is 2.22. The molecule has 2 aliphatic heterocycles. The molecule has 2 aliphatic rings. The Bertz CT molecular complexity index is 180. The van der Waals surface area contributed by atoms with Gasteiger partial charge in [0.25, 0.3) is 0 Å². The summed E-state index contributed by atoms with van der Waals surface area (Å²) in [5.74, 6) is 0.967. The first kappa shape index (κ1) is 12.1. The van der Waals surface area contributed by atoms with Crippen LogP contribution in [-0.2, 0) is 0 Å². The first-order chi connectivity index (χ1) is 7.40. The lowest BCUT2D eigenvalue weighted by molar-refractivity contribution is 0.129. The summed E-state index contributed by atoms with van der Waals surface area (Å²) in [6, 6.07) is 0.884. The molecule has 1 atom stereocenters. The number of alkyl halides is 1. The van der Waals surface area contributed by atoms with Crippen LogP contribution in [0.5, 0.6) is 0 Å². The van der Waals surface area contributed by atoms with Gasteiger partial charge in [0.1, 0.15) is 0 Å². The van der Waals surface area contributed by atoms with Crippen LogP contribution in [0, 0.1) is 5.92 Å². The first-order valence-corrected chi connectivity index (χ1v) is 7.93. The quantitative estimate of drug-likeness (QED) is 0.633. The van der Waals surface area contributed by atoms with Crippen molar-refractivity contribution in [2.75, 3.05) is 30.6 Å². The molecule has 1 N–H and O–H groups in total. The molecule has 1 unspecified atom stereocenters. The van der Waals surface area contributed by atoms with E-state index in [0.29, 0.717) is 0 Å². The third-order valence-electron chi connectivity index (χ3n) is 3.88. The molecule has 0 bridgehead atoms. The monoisotopic (exact) mass is 322 g/mol. The number of hydrogen-bond donors (Lipinski definition) is 1. The van der Waals surface area contributed by atoms with Crippen molar-refractivity contribution in [3.05, 3.63) is 0 Å². The molecule has 0 saturated carbocycles. The fourth-order valence-electron chi connectivity index (χ4n) is 2.87. The zero-order chi connectivity index (χ0) is 10.5. The highest BCUT2D eigenvalue weighted by Gasteiger charge is 2.24. The number of rotatable bonds is 3. The molecule has 2 nitrogen and oxygen atoms in total. The second-order valence-electron chi connectivity index (χ2n) is 4.99. The third-order valence-corrected chi connectivity index (χ3v) is 4.90. The molecular weight excluding hydrogens is 299 g/mol. The molecule has 0 aromatic heterocycles. The first-order valence-electron chi connectivity index (χ1n) is 6.41. The summed E-state index contributed by atoms with van der Waals surface area (Å²) in [6.07, 6.45) is 7.11. The summed E-state index contributed by atoms with van der Waals surface area (Å²) < 4.78 is 1.32. The van der Waals surface area contributed by atoms with Gasteiger partial charge in [-0.2, -0.15) is 0 Å². The van der Waals surface area contributed by atoms with Gasteiger partial charge in [-0.15, -0.1) is 0 Å². The molecule has 0 radical (unpaired) electrons. The SMILES string of the molecule is ICC1CCCCN1CC1CCNCC1. The normalized spacial score (nSPS) is 30.6. The molecule has 15 heavy (non-hydrogen) atoms. The van der Waals surface area contributed by atoms with Gasteiger partial charge in [-0.25, -0.2) is 0 Å². The summed E-state index contributed by atoms with van der Waals surface area (Å²) in [6.45, 7) is 5.22. The van der Waals surface area contributed by atoms with Gasteiger partial charge in [-0.05, 0) is 51.2 Å². The maximum atomic E-state index is 3.46. The second-order valence-corrected chi connectivity index (χ2v) is 5.87. The Morgan fingerprint density at radius 2 is 1.93 bits per heavy atom. The number of hydrogen-bond acceptors (Lipinski definition) is 2. The standard InChI is InChI=1S/C12H23IN2/c13-9-12-3-1-2-8-15(12)10-11-4-6-14-7-5-11/h11-12,14H,1-10H2. The number of halogens is 1. The molecule has 3 heteroatoms. The predicted octanol–water partition coefficient (Wildman–Crippen LogP) is 2.28. The van der Waals surface area contributed by atoms with Crippen LogP contribution >= 0.6 is 22.6 Å². The Hall–Kier alpha value is 0.650. The molecule has 2 fully saturated rings. The van der Waals surface area contributed by atoms with Gasteiger partial charge in [-0.3, -0.25) is 4.90 Å². The molecule has 0 spiro atoms. The van der Waals surface area contributed by atoms with Crippen LogP contribution in [0.1, 0.15) is 32.1 Å². The predicted molar refractivity (Wildman–Crippen MR) is 73.7 cm³/mol. The van der Waals surface area contributed by atoms with Gasteiger partial charge in [0.2, 0.25) is 0 Å². The topological polar surface area (TPSA) is 15.3 Å². The Balaban J connectivity index is 1.79. The lowest BCUT2D eigenvalue weighted by atomic mass is 9.95. The highest BCUT2D eigenvalue weighted by atomic mass is 127. The van der Waals surface area contributed by atoms with E-state index in [1.165, 1.54) is 62.7 Å². The van der Waals surface area contributed by atoms with Gasteiger partial charge in [0.05, 0.1) is 0 Å². The van der Waals surface area contributed by atoms with E-state index in [-0.39, 0.29) is 0 Å². The van der Waals surface area contributed by atoms with Crippen molar-refractivity contribution < 1.29 is 0 Å². The third kappa shape index (κ3) is 3.56. The van der Waals surface area contributed by atoms with Gasteiger partial charge < -0.3 is 5.32 Å². The largest absolute Gasteiger partial charge is 0.317 e. The van der Waals surface area contributed by atoms with Crippen molar-refractivity contribution in [1.82, 2.24) is 10.2 Å². The fraction of sp³-hybridized carbons (Fsp3) is 1.00. The van der Waals surface area contributed by atoms with E-state index in [1.54, 1.807) is 0 Å². The van der Waals surface area contributed by atoms with Crippen LogP contribution in [0.15, 0.2) is 0 Å². The molecule has 0 aromatic carbocycles. The lowest BCUT2D eigenvalue weighted by Gasteiger charge is -2.38. The summed E-state index contributed by atoms with van der Waals surface area (Å²) >= 11 is 2.56. The van der Waals surface area contributed by atoms with Crippen LogP contribution in [0.25, 0.3) is 0 Å². The van der Waals surface area contributed by atoms with Crippen molar-refractivity contribution in [2.45, 2.75) is 38.1 Å². The smallest absolute Gasteiger partial charge is 0.0185 e. The van der Waals surface area contributed by atoms with Crippen molar-refractivity contribution in [1.29, 1.82) is 0 Å². The van der Waals surface area contributed by atoms with E-state index in [0.717, 1.165) is 12.0 Å². The Kier molecular flexibility index (Phi) is 5.17. The molecule has 2 saturated heterocycles.